The molecule has 0 saturated carbocycles. The predicted octanol–water partition coefficient (Wildman–Crippen LogP) is 3.90. The Bertz CT molecular complexity index is 288. The lowest BCUT2D eigenvalue weighted by molar-refractivity contribution is 0.638. The van der Waals surface area contributed by atoms with Crippen molar-refractivity contribution in [1.29, 1.82) is 0 Å². The van der Waals surface area contributed by atoms with E-state index in [2.05, 4.69) is 22.9 Å². The summed E-state index contributed by atoms with van der Waals surface area (Å²) in [7, 11) is 0. The highest BCUT2D eigenvalue weighted by atomic mass is 79.9. The Morgan fingerprint density at radius 1 is 1.54 bits per heavy atom. The number of halogens is 2. The van der Waals surface area contributed by atoms with Crippen LogP contribution in [0.15, 0.2) is 22.7 Å². The van der Waals surface area contributed by atoms with Gasteiger partial charge in [0, 0.05) is 10.5 Å². The molecule has 0 aliphatic rings. The molecule has 0 aromatic heterocycles. The summed E-state index contributed by atoms with van der Waals surface area (Å²) in [5.41, 5.74) is 7.06. The smallest absolute Gasteiger partial charge is 0.0551 e. The van der Waals surface area contributed by atoms with E-state index < -0.39 is 0 Å². The zero-order valence-corrected chi connectivity index (χ0v) is 9.90. The third-order valence-corrected chi connectivity index (χ3v) is 3.20. The lowest BCUT2D eigenvalue weighted by Gasteiger charge is -2.11. The van der Waals surface area contributed by atoms with E-state index in [4.69, 9.17) is 17.3 Å². The molecule has 0 fully saturated rings. The fourth-order valence-electron chi connectivity index (χ4n) is 1.22. The molecular weight excluding hydrogens is 249 g/mol. The van der Waals surface area contributed by atoms with Crippen LogP contribution in [0.2, 0.25) is 5.02 Å². The van der Waals surface area contributed by atoms with Gasteiger partial charge in [-0.2, -0.15) is 0 Å². The minimum absolute atomic E-state index is 0.107. The van der Waals surface area contributed by atoms with Crippen molar-refractivity contribution in [2.45, 2.75) is 25.8 Å². The van der Waals surface area contributed by atoms with Crippen LogP contribution in [0.25, 0.3) is 0 Å². The third kappa shape index (κ3) is 2.97. The van der Waals surface area contributed by atoms with Gasteiger partial charge in [-0.1, -0.05) is 31.0 Å². The van der Waals surface area contributed by atoms with Crippen molar-refractivity contribution in [2.24, 2.45) is 5.73 Å². The number of benzene rings is 1. The van der Waals surface area contributed by atoms with Gasteiger partial charge in [0.05, 0.1) is 5.02 Å². The maximum absolute atomic E-state index is 5.96. The number of rotatable bonds is 3. The van der Waals surface area contributed by atoms with Gasteiger partial charge < -0.3 is 5.73 Å². The molecule has 0 aliphatic carbocycles. The van der Waals surface area contributed by atoms with Gasteiger partial charge >= 0.3 is 0 Å². The van der Waals surface area contributed by atoms with Crippen LogP contribution in [-0.4, -0.2) is 0 Å². The van der Waals surface area contributed by atoms with Crippen molar-refractivity contribution in [2.75, 3.05) is 0 Å². The van der Waals surface area contributed by atoms with E-state index in [1.165, 1.54) is 0 Å². The molecule has 3 heteroatoms. The first kappa shape index (κ1) is 11.0. The van der Waals surface area contributed by atoms with Gasteiger partial charge in [-0.3, -0.25) is 0 Å². The van der Waals surface area contributed by atoms with E-state index in [1.54, 1.807) is 0 Å². The fourth-order valence-corrected chi connectivity index (χ4v) is 1.66. The van der Waals surface area contributed by atoms with Crippen LogP contribution in [0, 0.1) is 0 Å². The molecule has 72 valence electrons. The highest BCUT2D eigenvalue weighted by molar-refractivity contribution is 9.10. The Morgan fingerprint density at radius 2 is 2.23 bits per heavy atom. The summed E-state index contributed by atoms with van der Waals surface area (Å²) in [6.07, 6.45) is 2.09. The van der Waals surface area contributed by atoms with Crippen LogP contribution >= 0.6 is 27.5 Å². The molecule has 0 saturated heterocycles. The quantitative estimate of drug-likeness (QED) is 0.878. The Balaban J connectivity index is 2.84. The van der Waals surface area contributed by atoms with Gasteiger partial charge in [0.1, 0.15) is 0 Å². The predicted molar refractivity (Wildman–Crippen MR) is 61.0 cm³/mol. The van der Waals surface area contributed by atoms with E-state index in [0.717, 1.165) is 27.9 Å². The van der Waals surface area contributed by atoms with Gasteiger partial charge in [0.25, 0.3) is 0 Å². The molecule has 1 aromatic rings. The molecule has 0 aliphatic heterocycles. The van der Waals surface area contributed by atoms with Crippen molar-refractivity contribution < 1.29 is 0 Å². The topological polar surface area (TPSA) is 26.0 Å². The normalized spacial score (nSPS) is 12.9. The summed E-state index contributed by atoms with van der Waals surface area (Å²) in [5.74, 6) is 0. The third-order valence-electron chi connectivity index (χ3n) is 1.97. The maximum atomic E-state index is 5.96. The van der Waals surface area contributed by atoms with Crippen molar-refractivity contribution in [3.05, 3.63) is 33.3 Å². The number of hydrogen-bond donors (Lipinski definition) is 1. The second-order valence-electron chi connectivity index (χ2n) is 3.07. The Morgan fingerprint density at radius 3 is 2.77 bits per heavy atom. The molecule has 1 nitrogen and oxygen atoms in total. The highest BCUT2D eigenvalue weighted by Crippen LogP contribution is 2.26. The van der Waals surface area contributed by atoms with Crippen LogP contribution < -0.4 is 5.73 Å². The molecule has 0 amide bonds. The molecule has 1 rings (SSSR count). The fraction of sp³-hybridized carbons (Fsp3) is 0.400. The van der Waals surface area contributed by atoms with Crippen molar-refractivity contribution in [3.63, 3.8) is 0 Å². The lowest BCUT2D eigenvalue weighted by Crippen LogP contribution is -2.09. The molecular formula is C10H13BrClN. The number of hydrogen-bond acceptors (Lipinski definition) is 1. The standard InChI is InChI=1S/C10H13BrClN/c1-2-3-10(13)7-4-5-8(11)9(12)6-7/h4-6,10H,2-3,13H2,1H3/t10-/m0/s1. The van der Waals surface area contributed by atoms with E-state index in [0.29, 0.717) is 0 Å². The Hall–Kier alpha value is -0.0500. The summed E-state index contributed by atoms with van der Waals surface area (Å²) >= 11 is 9.30. The average molecular weight is 263 g/mol. The Labute approximate surface area is 92.4 Å². The highest BCUT2D eigenvalue weighted by Gasteiger charge is 2.06. The zero-order chi connectivity index (χ0) is 9.84. The summed E-state index contributed by atoms with van der Waals surface area (Å²) in [4.78, 5) is 0. The van der Waals surface area contributed by atoms with Gasteiger partial charge in [0.2, 0.25) is 0 Å². The van der Waals surface area contributed by atoms with Crippen molar-refractivity contribution in [1.82, 2.24) is 0 Å². The molecule has 0 spiro atoms. The van der Waals surface area contributed by atoms with Gasteiger partial charge in [-0.25, -0.2) is 0 Å². The van der Waals surface area contributed by atoms with Crippen LogP contribution in [0.4, 0.5) is 0 Å². The first-order valence-corrected chi connectivity index (χ1v) is 5.52. The first-order valence-electron chi connectivity index (χ1n) is 4.35. The largest absolute Gasteiger partial charge is 0.324 e. The summed E-state index contributed by atoms with van der Waals surface area (Å²) < 4.78 is 0.918. The molecule has 0 unspecified atom stereocenters. The molecule has 0 bridgehead atoms. The molecule has 2 N–H and O–H groups in total. The minimum atomic E-state index is 0.107. The Kier molecular flexibility index (Phi) is 4.23. The monoisotopic (exact) mass is 261 g/mol. The molecule has 0 radical (unpaired) electrons. The van der Waals surface area contributed by atoms with Gasteiger partial charge in [-0.05, 0) is 40.0 Å². The van der Waals surface area contributed by atoms with Crippen molar-refractivity contribution >= 4 is 27.5 Å². The molecule has 1 aromatic carbocycles. The second kappa shape index (κ2) is 4.99. The van der Waals surface area contributed by atoms with E-state index >= 15 is 0 Å². The van der Waals surface area contributed by atoms with Gasteiger partial charge in [0.15, 0.2) is 0 Å². The van der Waals surface area contributed by atoms with Crippen LogP contribution in [-0.2, 0) is 0 Å². The van der Waals surface area contributed by atoms with Crippen LogP contribution in [0.5, 0.6) is 0 Å². The van der Waals surface area contributed by atoms with Crippen LogP contribution in [0.1, 0.15) is 31.4 Å². The molecule has 0 heterocycles. The van der Waals surface area contributed by atoms with E-state index in [9.17, 15) is 0 Å². The second-order valence-corrected chi connectivity index (χ2v) is 4.33. The van der Waals surface area contributed by atoms with Gasteiger partial charge in [-0.15, -0.1) is 0 Å². The van der Waals surface area contributed by atoms with E-state index in [1.807, 2.05) is 18.2 Å². The number of nitrogens with two attached hydrogens (primary N) is 1. The first-order chi connectivity index (χ1) is 6.15. The average Bonchev–Trinajstić information content (AvgIpc) is 2.10. The summed E-state index contributed by atoms with van der Waals surface area (Å²) in [6.45, 7) is 2.13. The summed E-state index contributed by atoms with van der Waals surface area (Å²) in [6, 6.07) is 5.98. The lowest BCUT2D eigenvalue weighted by atomic mass is 10.0. The summed E-state index contributed by atoms with van der Waals surface area (Å²) in [5, 5.41) is 0.726. The molecule has 13 heavy (non-hydrogen) atoms. The van der Waals surface area contributed by atoms with Crippen LogP contribution in [0.3, 0.4) is 0 Å². The van der Waals surface area contributed by atoms with E-state index in [-0.39, 0.29) is 6.04 Å². The maximum Gasteiger partial charge on any atom is 0.0551 e. The van der Waals surface area contributed by atoms with Crippen molar-refractivity contribution in [3.8, 4) is 0 Å². The zero-order valence-electron chi connectivity index (χ0n) is 7.56. The SMILES string of the molecule is CCC[C@H](N)c1ccc(Br)c(Cl)c1. The minimum Gasteiger partial charge on any atom is -0.324 e. The molecule has 1 atom stereocenters.